The summed E-state index contributed by atoms with van der Waals surface area (Å²) < 4.78 is 6.09. The topological polar surface area (TPSA) is 21.3 Å². The number of hydrogen-bond acceptors (Lipinski definition) is 2. The molecule has 0 aromatic carbocycles. The zero-order valence-electron chi connectivity index (χ0n) is 11.6. The van der Waals surface area contributed by atoms with Crippen LogP contribution >= 0.6 is 0 Å². The number of rotatable bonds is 4. The molecule has 0 bridgehead atoms. The van der Waals surface area contributed by atoms with Crippen molar-refractivity contribution in [3.8, 4) is 0 Å². The third-order valence-electron chi connectivity index (χ3n) is 4.37. The minimum absolute atomic E-state index is 0.539. The molecule has 0 aromatic rings. The van der Waals surface area contributed by atoms with Gasteiger partial charge in [0.05, 0.1) is 6.10 Å². The normalized spacial score (nSPS) is 39.2. The van der Waals surface area contributed by atoms with E-state index in [0.29, 0.717) is 6.10 Å². The van der Waals surface area contributed by atoms with E-state index in [1.165, 1.54) is 51.5 Å². The molecule has 1 aliphatic carbocycles. The first-order chi connectivity index (χ1) is 8.24. The van der Waals surface area contributed by atoms with Crippen molar-refractivity contribution in [1.82, 2.24) is 5.32 Å². The summed E-state index contributed by atoms with van der Waals surface area (Å²) in [7, 11) is 0. The molecular formula is C15H29NO. The van der Waals surface area contributed by atoms with E-state index < -0.39 is 0 Å². The lowest BCUT2D eigenvalue weighted by atomic mass is 9.82. The van der Waals surface area contributed by atoms with E-state index in [4.69, 9.17) is 4.74 Å². The average Bonchev–Trinajstić information content (AvgIpc) is 2.29. The molecule has 2 fully saturated rings. The molecule has 2 heteroatoms. The van der Waals surface area contributed by atoms with Gasteiger partial charge in [0.2, 0.25) is 0 Å². The van der Waals surface area contributed by atoms with Gasteiger partial charge in [-0.3, -0.25) is 0 Å². The van der Waals surface area contributed by atoms with Crippen LogP contribution in [-0.4, -0.2) is 25.3 Å². The zero-order chi connectivity index (χ0) is 12.1. The number of nitrogens with one attached hydrogen (secondary N) is 1. The molecule has 0 spiro atoms. The van der Waals surface area contributed by atoms with E-state index in [9.17, 15) is 0 Å². The van der Waals surface area contributed by atoms with Crippen LogP contribution in [0.3, 0.4) is 0 Å². The van der Waals surface area contributed by atoms with Crippen molar-refractivity contribution in [2.45, 2.75) is 70.9 Å². The van der Waals surface area contributed by atoms with Crippen LogP contribution in [0.5, 0.6) is 0 Å². The second kappa shape index (κ2) is 6.75. The number of hydrogen-bond donors (Lipinski definition) is 1. The highest BCUT2D eigenvalue weighted by Gasteiger charge is 2.24. The molecule has 2 nitrogen and oxygen atoms in total. The van der Waals surface area contributed by atoms with Crippen LogP contribution in [0.1, 0.15) is 58.8 Å². The molecule has 1 heterocycles. The molecule has 0 amide bonds. The van der Waals surface area contributed by atoms with Crippen molar-refractivity contribution in [2.75, 3.05) is 13.2 Å². The van der Waals surface area contributed by atoms with Crippen LogP contribution in [-0.2, 0) is 4.74 Å². The monoisotopic (exact) mass is 239 g/mol. The van der Waals surface area contributed by atoms with Gasteiger partial charge in [0.25, 0.3) is 0 Å². The van der Waals surface area contributed by atoms with Crippen molar-refractivity contribution >= 4 is 0 Å². The maximum atomic E-state index is 6.09. The van der Waals surface area contributed by atoms with Crippen LogP contribution in [0.4, 0.5) is 0 Å². The first-order valence-corrected chi connectivity index (χ1v) is 7.59. The Morgan fingerprint density at radius 2 is 1.82 bits per heavy atom. The van der Waals surface area contributed by atoms with Crippen molar-refractivity contribution in [1.29, 1.82) is 0 Å². The highest BCUT2D eigenvalue weighted by atomic mass is 16.5. The molecule has 2 rings (SSSR count). The SMILES string of the molecule is CC1CC(C)CC(OCCC2CCCCN2)C1. The molecule has 3 atom stereocenters. The van der Waals surface area contributed by atoms with E-state index in [2.05, 4.69) is 19.2 Å². The van der Waals surface area contributed by atoms with Gasteiger partial charge >= 0.3 is 0 Å². The lowest BCUT2D eigenvalue weighted by molar-refractivity contribution is -0.00343. The fraction of sp³-hybridized carbons (Fsp3) is 1.00. The van der Waals surface area contributed by atoms with Gasteiger partial charge in [0.15, 0.2) is 0 Å². The Hall–Kier alpha value is -0.0800. The van der Waals surface area contributed by atoms with Crippen LogP contribution in [0.15, 0.2) is 0 Å². The molecule has 1 aliphatic heterocycles. The summed E-state index contributed by atoms with van der Waals surface area (Å²) in [6.45, 7) is 6.91. The van der Waals surface area contributed by atoms with Gasteiger partial charge in [0, 0.05) is 12.6 Å². The third kappa shape index (κ3) is 4.59. The standard InChI is InChI=1S/C15H29NO/c1-12-9-13(2)11-15(10-12)17-8-6-14-5-3-4-7-16-14/h12-16H,3-11H2,1-2H3. The van der Waals surface area contributed by atoms with Crippen molar-refractivity contribution in [3.05, 3.63) is 0 Å². The highest BCUT2D eigenvalue weighted by molar-refractivity contribution is 4.76. The Morgan fingerprint density at radius 3 is 2.47 bits per heavy atom. The zero-order valence-corrected chi connectivity index (χ0v) is 11.6. The second-order valence-corrected chi connectivity index (χ2v) is 6.35. The molecule has 2 aliphatic rings. The van der Waals surface area contributed by atoms with E-state index in [1.807, 2.05) is 0 Å². The maximum absolute atomic E-state index is 6.09. The quantitative estimate of drug-likeness (QED) is 0.812. The van der Waals surface area contributed by atoms with Crippen molar-refractivity contribution in [3.63, 3.8) is 0 Å². The highest BCUT2D eigenvalue weighted by Crippen LogP contribution is 2.30. The van der Waals surface area contributed by atoms with Gasteiger partial charge in [0.1, 0.15) is 0 Å². The second-order valence-electron chi connectivity index (χ2n) is 6.35. The van der Waals surface area contributed by atoms with E-state index in [-0.39, 0.29) is 0 Å². The predicted octanol–water partition coefficient (Wildman–Crippen LogP) is 3.36. The van der Waals surface area contributed by atoms with Crippen LogP contribution in [0.2, 0.25) is 0 Å². The summed E-state index contributed by atoms with van der Waals surface area (Å²) in [5, 5.41) is 3.59. The summed E-state index contributed by atoms with van der Waals surface area (Å²) in [5.74, 6) is 1.72. The third-order valence-corrected chi connectivity index (χ3v) is 4.37. The maximum Gasteiger partial charge on any atom is 0.0580 e. The molecule has 1 saturated carbocycles. The molecular weight excluding hydrogens is 210 g/mol. The van der Waals surface area contributed by atoms with Gasteiger partial charge in [-0.2, -0.15) is 0 Å². The number of ether oxygens (including phenoxy) is 1. The summed E-state index contributed by atoms with van der Waals surface area (Å²) in [6.07, 6.45) is 9.80. The Balaban J connectivity index is 1.60. The van der Waals surface area contributed by atoms with E-state index in [1.54, 1.807) is 0 Å². The average molecular weight is 239 g/mol. The van der Waals surface area contributed by atoms with Crippen molar-refractivity contribution in [2.24, 2.45) is 11.8 Å². The Labute approximate surface area is 107 Å². The predicted molar refractivity (Wildman–Crippen MR) is 72.2 cm³/mol. The van der Waals surface area contributed by atoms with Gasteiger partial charge in [-0.05, 0) is 56.9 Å². The van der Waals surface area contributed by atoms with Gasteiger partial charge in [-0.15, -0.1) is 0 Å². The minimum atomic E-state index is 0.539. The van der Waals surface area contributed by atoms with Crippen LogP contribution < -0.4 is 5.32 Å². The smallest absolute Gasteiger partial charge is 0.0580 e. The first kappa shape index (κ1) is 13.4. The van der Waals surface area contributed by atoms with E-state index in [0.717, 1.165) is 24.5 Å². The lowest BCUT2D eigenvalue weighted by Gasteiger charge is -2.32. The molecule has 1 saturated heterocycles. The number of piperidine rings is 1. The summed E-state index contributed by atoms with van der Waals surface area (Å²) in [6, 6.07) is 0.724. The van der Waals surface area contributed by atoms with Gasteiger partial charge in [-0.1, -0.05) is 20.3 Å². The fourth-order valence-corrected chi connectivity index (χ4v) is 3.56. The summed E-state index contributed by atoms with van der Waals surface area (Å²) in [5.41, 5.74) is 0. The first-order valence-electron chi connectivity index (χ1n) is 7.59. The Bertz CT molecular complexity index is 203. The molecule has 0 aromatic heterocycles. The molecule has 0 radical (unpaired) electrons. The van der Waals surface area contributed by atoms with Gasteiger partial charge < -0.3 is 10.1 Å². The largest absolute Gasteiger partial charge is 0.378 e. The summed E-state index contributed by atoms with van der Waals surface area (Å²) >= 11 is 0. The molecule has 100 valence electrons. The Kier molecular flexibility index (Phi) is 5.30. The summed E-state index contributed by atoms with van der Waals surface area (Å²) in [4.78, 5) is 0. The lowest BCUT2D eigenvalue weighted by Crippen LogP contribution is -2.35. The minimum Gasteiger partial charge on any atom is -0.378 e. The molecule has 1 N–H and O–H groups in total. The van der Waals surface area contributed by atoms with E-state index >= 15 is 0 Å². The molecule has 17 heavy (non-hydrogen) atoms. The Morgan fingerprint density at radius 1 is 1.06 bits per heavy atom. The van der Waals surface area contributed by atoms with Crippen molar-refractivity contribution < 1.29 is 4.74 Å². The van der Waals surface area contributed by atoms with Crippen LogP contribution in [0.25, 0.3) is 0 Å². The molecule has 3 unspecified atom stereocenters. The fourth-order valence-electron chi connectivity index (χ4n) is 3.56. The van der Waals surface area contributed by atoms with Gasteiger partial charge in [-0.25, -0.2) is 0 Å². The van der Waals surface area contributed by atoms with Crippen LogP contribution in [0, 0.1) is 11.8 Å².